The molecule has 1 N–H and O–H groups in total. The number of ether oxygens (including phenoxy) is 1. The number of rotatable bonds is 4. The second kappa shape index (κ2) is 5.50. The van der Waals surface area contributed by atoms with Gasteiger partial charge >= 0.3 is 5.97 Å². The molecule has 1 aromatic rings. The van der Waals surface area contributed by atoms with Crippen LogP contribution >= 0.6 is 23.2 Å². The van der Waals surface area contributed by atoms with Crippen LogP contribution in [-0.2, 0) is 14.3 Å². The molecule has 1 amide bonds. The molecular weight excluding hydrogens is 313 g/mol. The molecule has 1 fully saturated rings. The summed E-state index contributed by atoms with van der Waals surface area (Å²) in [4.78, 5) is 23.7. The van der Waals surface area contributed by atoms with Crippen LogP contribution in [0.3, 0.4) is 0 Å². The normalized spacial score (nSPS) is 22.5. The Morgan fingerprint density at radius 2 is 1.81 bits per heavy atom. The van der Waals surface area contributed by atoms with Gasteiger partial charge in [0, 0.05) is 12.1 Å². The maximum atomic E-state index is 11.9. The highest BCUT2D eigenvalue weighted by Crippen LogP contribution is 2.64. The van der Waals surface area contributed by atoms with Gasteiger partial charge in [-0.25, -0.2) is 0 Å². The lowest BCUT2D eigenvalue weighted by Crippen LogP contribution is -2.27. The predicted octanol–water partition coefficient (Wildman–Crippen LogP) is 3.37. The van der Waals surface area contributed by atoms with E-state index < -0.39 is 15.7 Å². The molecule has 0 heterocycles. The molecule has 1 aliphatic rings. The monoisotopic (exact) mass is 329 g/mol. The van der Waals surface area contributed by atoms with E-state index in [2.05, 4.69) is 5.32 Å². The van der Waals surface area contributed by atoms with E-state index in [-0.39, 0.29) is 12.5 Å². The van der Waals surface area contributed by atoms with E-state index in [1.54, 1.807) is 6.92 Å². The Hall–Kier alpha value is -1.26. The number of hydrogen-bond donors (Lipinski definition) is 1. The maximum absolute atomic E-state index is 11.9. The summed E-state index contributed by atoms with van der Waals surface area (Å²) in [6.07, 6.45) is 0.334. The van der Waals surface area contributed by atoms with Crippen molar-refractivity contribution in [1.29, 1.82) is 0 Å². The van der Waals surface area contributed by atoms with E-state index in [4.69, 9.17) is 27.9 Å². The number of aryl methyl sites for hydroxylation is 2. The van der Waals surface area contributed by atoms with E-state index in [0.717, 1.165) is 16.8 Å². The molecule has 1 aromatic carbocycles. The lowest BCUT2D eigenvalue weighted by Gasteiger charge is -2.13. The minimum absolute atomic E-state index is 0.334. The molecule has 0 aliphatic heterocycles. The van der Waals surface area contributed by atoms with Crippen LogP contribution in [0.4, 0.5) is 5.69 Å². The molecule has 1 saturated carbocycles. The molecule has 21 heavy (non-hydrogen) atoms. The van der Waals surface area contributed by atoms with Crippen molar-refractivity contribution < 1.29 is 14.3 Å². The largest absolute Gasteiger partial charge is 0.455 e. The number of anilines is 1. The molecule has 2 rings (SSSR count). The number of alkyl halides is 2. The highest BCUT2D eigenvalue weighted by molar-refractivity contribution is 6.53. The van der Waals surface area contributed by atoms with Crippen LogP contribution in [0.2, 0.25) is 0 Å². The van der Waals surface area contributed by atoms with Crippen LogP contribution in [0.15, 0.2) is 18.2 Å². The lowest BCUT2D eigenvalue weighted by atomic mass is 10.1. The second-order valence-electron chi connectivity index (χ2n) is 5.60. The van der Waals surface area contributed by atoms with Gasteiger partial charge in [0.15, 0.2) is 6.61 Å². The van der Waals surface area contributed by atoms with Gasteiger partial charge in [-0.2, -0.15) is 0 Å². The zero-order chi connectivity index (χ0) is 15.8. The number of hydrogen-bond acceptors (Lipinski definition) is 3. The Morgan fingerprint density at radius 3 is 2.29 bits per heavy atom. The lowest BCUT2D eigenvalue weighted by molar-refractivity contribution is -0.152. The zero-order valence-electron chi connectivity index (χ0n) is 12.1. The van der Waals surface area contributed by atoms with Crippen molar-refractivity contribution in [2.24, 2.45) is 5.41 Å². The molecule has 1 atom stereocenters. The highest BCUT2D eigenvalue weighted by Gasteiger charge is 2.69. The number of carbonyl (C=O) groups is 2. The van der Waals surface area contributed by atoms with Crippen LogP contribution in [-0.4, -0.2) is 22.8 Å². The summed E-state index contributed by atoms with van der Waals surface area (Å²) < 4.78 is 3.91. The van der Waals surface area contributed by atoms with Crippen molar-refractivity contribution in [3.63, 3.8) is 0 Å². The Balaban J connectivity index is 1.90. The number of benzene rings is 1. The fourth-order valence-corrected chi connectivity index (χ4v) is 2.79. The van der Waals surface area contributed by atoms with E-state index in [1.807, 2.05) is 32.0 Å². The minimum Gasteiger partial charge on any atom is -0.455 e. The van der Waals surface area contributed by atoms with Gasteiger partial charge in [0.05, 0.1) is 0 Å². The van der Waals surface area contributed by atoms with Crippen molar-refractivity contribution in [1.82, 2.24) is 0 Å². The fraction of sp³-hybridized carbons (Fsp3) is 0.467. The van der Waals surface area contributed by atoms with Gasteiger partial charge in [0.2, 0.25) is 0 Å². The topological polar surface area (TPSA) is 55.4 Å². The second-order valence-corrected chi connectivity index (χ2v) is 7.09. The first-order valence-corrected chi connectivity index (χ1v) is 7.34. The standard InChI is InChI=1S/C15H17Cl2NO3/c1-9-5-4-6-10(2)12(9)18-11(19)7-21-13(20)14(3)8-15(14,16)17/h4-6H,7-8H2,1-3H3,(H,18,19)/t14-/m0/s1. The summed E-state index contributed by atoms with van der Waals surface area (Å²) in [6, 6.07) is 5.71. The number of nitrogens with one attached hydrogen (secondary N) is 1. The molecule has 0 saturated heterocycles. The van der Waals surface area contributed by atoms with Gasteiger partial charge in [-0.1, -0.05) is 18.2 Å². The number of amides is 1. The molecule has 1 aliphatic carbocycles. The van der Waals surface area contributed by atoms with Crippen LogP contribution in [0.5, 0.6) is 0 Å². The summed E-state index contributed by atoms with van der Waals surface area (Å²) in [5.74, 6) is -0.941. The molecule has 114 valence electrons. The fourth-order valence-electron chi connectivity index (χ4n) is 2.10. The number of carbonyl (C=O) groups excluding carboxylic acids is 2. The molecule has 6 heteroatoms. The quantitative estimate of drug-likeness (QED) is 0.680. The van der Waals surface area contributed by atoms with Crippen molar-refractivity contribution in [3.05, 3.63) is 29.3 Å². The summed E-state index contributed by atoms with van der Waals surface area (Å²) in [5, 5.41) is 2.74. The molecule has 0 unspecified atom stereocenters. The summed E-state index contributed by atoms with van der Waals surface area (Å²) in [6.45, 7) is 5.06. The molecule has 0 spiro atoms. The van der Waals surface area contributed by atoms with Crippen LogP contribution in [0, 0.1) is 19.3 Å². The van der Waals surface area contributed by atoms with Crippen LogP contribution < -0.4 is 5.32 Å². The maximum Gasteiger partial charge on any atom is 0.315 e. The van der Waals surface area contributed by atoms with Gasteiger partial charge in [-0.3, -0.25) is 9.59 Å². The Bertz CT molecular complexity index is 580. The third-order valence-corrected chi connectivity index (χ3v) is 4.89. The first-order valence-electron chi connectivity index (χ1n) is 6.58. The van der Waals surface area contributed by atoms with Crippen molar-refractivity contribution in [2.45, 2.75) is 31.5 Å². The van der Waals surface area contributed by atoms with Crippen LogP contribution in [0.1, 0.15) is 24.5 Å². The van der Waals surface area contributed by atoms with Crippen molar-refractivity contribution in [2.75, 3.05) is 11.9 Å². The van der Waals surface area contributed by atoms with Gasteiger partial charge in [0.1, 0.15) is 9.75 Å². The number of para-hydroxylation sites is 1. The van der Waals surface area contributed by atoms with E-state index in [9.17, 15) is 9.59 Å². The third-order valence-electron chi connectivity index (χ3n) is 3.79. The van der Waals surface area contributed by atoms with E-state index in [0.29, 0.717) is 6.42 Å². The van der Waals surface area contributed by atoms with E-state index in [1.165, 1.54) is 0 Å². The Kier molecular flexibility index (Phi) is 4.22. The molecule has 0 radical (unpaired) electrons. The van der Waals surface area contributed by atoms with E-state index >= 15 is 0 Å². The van der Waals surface area contributed by atoms with Gasteiger partial charge in [-0.15, -0.1) is 23.2 Å². The summed E-state index contributed by atoms with van der Waals surface area (Å²) in [7, 11) is 0. The van der Waals surface area contributed by atoms with Gasteiger partial charge < -0.3 is 10.1 Å². The predicted molar refractivity (Wildman–Crippen MR) is 82.7 cm³/mol. The Morgan fingerprint density at radius 1 is 1.29 bits per heavy atom. The average Bonchev–Trinajstić information content (AvgIpc) is 2.91. The minimum atomic E-state index is -1.09. The first kappa shape index (κ1) is 16.1. The molecule has 4 nitrogen and oxygen atoms in total. The zero-order valence-corrected chi connectivity index (χ0v) is 13.6. The van der Waals surface area contributed by atoms with Crippen molar-refractivity contribution >= 4 is 40.8 Å². The van der Waals surface area contributed by atoms with Gasteiger partial charge in [0.25, 0.3) is 5.91 Å². The smallest absolute Gasteiger partial charge is 0.315 e. The third kappa shape index (κ3) is 3.16. The molecular formula is C15H17Cl2NO3. The average molecular weight is 330 g/mol. The summed E-state index contributed by atoms with van der Waals surface area (Å²) >= 11 is 11.8. The summed E-state index contributed by atoms with van der Waals surface area (Å²) in [5.41, 5.74) is 1.71. The number of esters is 1. The Labute approximate surface area is 133 Å². The van der Waals surface area contributed by atoms with Crippen LogP contribution in [0.25, 0.3) is 0 Å². The first-order chi connectivity index (χ1) is 9.67. The highest BCUT2D eigenvalue weighted by atomic mass is 35.5. The molecule has 0 aromatic heterocycles. The SMILES string of the molecule is Cc1cccc(C)c1NC(=O)COC(=O)[C@]1(C)CC1(Cl)Cl. The van der Waals surface area contributed by atoms with Gasteiger partial charge in [-0.05, 0) is 31.9 Å². The molecule has 0 bridgehead atoms. The van der Waals surface area contributed by atoms with Crippen molar-refractivity contribution in [3.8, 4) is 0 Å². The number of halogens is 2.